The van der Waals surface area contributed by atoms with E-state index >= 15 is 0 Å². The van der Waals surface area contributed by atoms with Crippen LogP contribution in [0.15, 0.2) is 16.0 Å². The minimum atomic E-state index is 0.566. The zero-order valence-corrected chi connectivity index (χ0v) is 10.4. The molecule has 2 N–H and O–H groups in total. The maximum Gasteiger partial charge on any atom is 0.146 e. The summed E-state index contributed by atoms with van der Waals surface area (Å²) in [6, 6.07) is 0. The minimum Gasteiger partial charge on any atom is -0.330 e. The Kier molecular flexibility index (Phi) is 3.07. The van der Waals surface area contributed by atoms with Crippen molar-refractivity contribution in [3.05, 3.63) is 26.8 Å². The van der Waals surface area contributed by atoms with Gasteiger partial charge in [-0.3, -0.25) is 0 Å². The fourth-order valence-electron chi connectivity index (χ4n) is 1.39. The number of aromatic nitrogens is 1. The molecule has 2 aromatic rings. The van der Waals surface area contributed by atoms with Gasteiger partial charge in [-0.1, -0.05) is 11.6 Å². The highest BCUT2D eigenvalue weighted by Gasteiger charge is 2.10. The van der Waals surface area contributed by atoms with Gasteiger partial charge in [0.25, 0.3) is 0 Å². The predicted octanol–water partition coefficient (Wildman–Crippen LogP) is 3.21. The molecule has 0 bridgehead atoms. The first-order chi connectivity index (χ1) is 6.74. The van der Waals surface area contributed by atoms with E-state index in [2.05, 4.69) is 20.9 Å². The largest absolute Gasteiger partial charge is 0.330 e. The lowest BCUT2D eigenvalue weighted by Gasteiger charge is -2.02. The molecule has 0 atom stereocenters. The van der Waals surface area contributed by atoms with Crippen molar-refractivity contribution in [2.24, 2.45) is 5.73 Å². The van der Waals surface area contributed by atoms with Gasteiger partial charge in [0.2, 0.25) is 0 Å². The molecule has 2 heterocycles. The van der Waals surface area contributed by atoms with Crippen molar-refractivity contribution in [3.8, 4) is 0 Å². The molecule has 0 saturated heterocycles. The smallest absolute Gasteiger partial charge is 0.146 e. The first-order valence-corrected chi connectivity index (χ1v) is 6.19. The molecule has 5 heteroatoms. The molecule has 2 rings (SSSR count). The van der Waals surface area contributed by atoms with Gasteiger partial charge in [-0.05, 0) is 34.5 Å². The summed E-state index contributed by atoms with van der Waals surface area (Å²) in [4.78, 5) is 4.14. The van der Waals surface area contributed by atoms with Crippen LogP contribution in [0.25, 0.3) is 10.1 Å². The van der Waals surface area contributed by atoms with Crippen molar-refractivity contribution in [1.29, 1.82) is 0 Å². The number of nitrogens with zero attached hydrogens (tertiary/aromatic N) is 1. The van der Waals surface area contributed by atoms with E-state index in [0.717, 1.165) is 26.5 Å². The second kappa shape index (κ2) is 4.14. The summed E-state index contributed by atoms with van der Waals surface area (Å²) in [6.07, 6.45) is 2.63. The topological polar surface area (TPSA) is 38.9 Å². The van der Waals surface area contributed by atoms with Crippen molar-refractivity contribution in [1.82, 2.24) is 4.98 Å². The summed E-state index contributed by atoms with van der Waals surface area (Å²) in [7, 11) is 0. The predicted molar refractivity (Wildman–Crippen MR) is 65.1 cm³/mol. The van der Waals surface area contributed by atoms with Crippen molar-refractivity contribution in [2.45, 2.75) is 6.42 Å². The molecule has 0 aliphatic rings. The van der Waals surface area contributed by atoms with Crippen LogP contribution in [0.1, 0.15) is 5.56 Å². The highest BCUT2D eigenvalue weighted by atomic mass is 79.9. The van der Waals surface area contributed by atoms with Crippen LogP contribution in [0.4, 0.5) is 0 Å². The number of nitrogens with two attached hydrogens (primary N) is 1. The second-order valence-corrected chi connectivity index (χ2v) is 4.99. The Morgan fingerprint density at radius 3 is 3.07 bits per heavy atom. The van der Waals surface area contributed by atoms with Crippen LogP contribution >= 0.6 is 38.9 Å². The van der Waals surface area contributed by atoms with E-state index in [9.17, 15) is 0 Å². The standard InChI is InChI=1S/C9H8BrClN2S/c10-6-4-14-8-7(6)5(1-2-12)3-13-9(8)11/h3-4H,1-2,12H2. The first kappa shape index (κ1) is 10.4. The molecule has 0 aliphatic carbocycles. The molecule has 0 aliphatic heterocycles. The van der Waals surface area contributed by atoms with E-state index < -0.39 is 0 Å². The summed E-state index contributed by atoms with van der Waals surface area (Å²) < 4.78 is 2.11. The van der Waals surface area contributed by atoms with E-state index in [4.69, 9.17) is 17.3 Å². The van der Waals surface area contributed by atoms with Crippen molar-refractivity contribution in [3.63, 3.8) is 0 Å². The summed E-state index contributed by atoms with van der Waals surface area (Å²) in [5, 5.41) is 3.75. The molecule has 74 valence electrons. The molecular weight excluding hydrogens is 284 g/mol. The van der Waals surface area contributed by atoms with Gasteiger partial charge in [0, 0.05) is 21.4 Å². The molecule has 14 heavy (non-hydrogen) atoms. The third-order valence-electron chi connectivity index (χ3n) is 2.00. The minimum absolute atomic E-state index is 0.566. The Morgan fingerprint density at radius 1 is 1.57 bits per heavy atom. The summed E-state index contributed by atoms with van der Waals surface area (Å²) in [6.45, 7) is 0.626. The second-order valence-electron chi connectivity index (χ2n) is 2.90. The first-order valence-electron chi connectivity index (χ1n) is 4.14. The maximum atomic E-state index is 5.99. The highest BCUT2D eigenvalue weighted by Crippen LogP contribution is 2.36. The molecular formula is C9H8BrClN2S. The van der Waals surface area contributed by atoms with Gasteiger partial charge in [-0.15, -0.1) is 11.3 Å². The van der Waals surface area contributed by atoms with Crippen LogP contribution in [0, 0.1) is 0 Å². The van der Waals surface area contributed by atoms with E-state index in [1.807, 2.05) is 5.38 Å². The number of hydrogen-bond acceptors (Lipinski definition) is 3. The lowest BCUT2D eigenvalue weighted by atomic mass is 10.1. The summed E-state index contributed by atoms with van der Waals surface area (Å²) >= 11 is 11.1. The average Bonchev–Trinajstić information content (AvgIpc) is 2.55. The molecule has 0 amide bonds. The lowest BCUT2D eigenvalue weighted by Crippen LogP contribution is -2.03. The van der Waals surface area contributed by atoms with Gasteiger partial charge in [-0.25, -0.2) is 4.98 Å². The van der Waals surface area contributed by atoms with Gasteiger partial charge in [0.05, 0.1) is 4.70 Å². The van der Waals surface area contributed by atoms with Crippen LogP contribution in [-0.4, -0.2) is 11.5 Å². The van der Waals surface area contributed by atoms with E-state index in [-0.39, 0.29) is 0 Å². The van der Waals surface area contributed by atoms with Crippen molar-refractivity contribution in [2.75, 3.05) is 6.54 Å². The van der Waals surface area contributed by atoms with Gasteiger partial charge in [0.15, 0.2) is 0 Å². The van der Waals surface area contributed by atoms with Gasteiger partial charge in [0.1, 0.15) is 5.15 Å². The highest BCUT2D eigenvalue weighted by molar-refractivity contribution is 9.10. The third kappa shape index (κ3) is 1.67. The average molecular weight is 292 g/mol. The molecule has 2 nitrogen and oxygen atoms in total. The van der Waals surface area contributed by atoms with Crippen LogP contribution < -0.4 is 5.73 Å². The Morgan fingerprint density at radius 2 is 2.36 bits per heavy atom. The fraction of sp³-hybridized carbons (Fsp3) is 0.222. The molecule has 0 aromatic carbocycles. The number of thiophene rings is 1. The van der Waals surface area contributed by atoms with Crippen LogP contribution in [0.3, 0.4) is 0 Å². The number of rotatable bonds is 2. The lowest BCUT2D eigenvalue weighted by molar-refractivity contribution is 0.969. The molecule has 0 saturated carbocycles. The van der Waals surface area contributed by atoms with Gasteiger partial charge < -0.3 is 5.73 Å². The van der Waals surface area contributed by atoms with Crippen LogP contribution in [-0.2, 0) is 6.42 Å². The molecule has 0 fully saturated rings. The molecule has 0 radical (unpaired) electrons. The quantitative estimate of drug-likeness (QED) is 0.863. The fourth-order valence-corrected chi connectivity index (χ4v) is 3.38. The van der Waals surface area contributed by atoms with E-state index in [0.29, 0.717) is 11.7 Å². The number of halogens is 2. The molecule has 0 spiro atoms. The van der Waals surface area contributed by atoms with E-state index in [1.165, 1.54) is 0 Å². The van der Waals surface area contributed by atoms with Crippen LogP contribution in [0.5, 0.6) is 0 Å². The summed E-state index contributed by atoms with van der Waals surface area (Å²) in [5.41, 5.74) is 6.69. The van der Waals surface area contributed by atoms with Crippen molar-refractivity contribution < 1.29 is 0 Å². The number of hydrogen-bond donors (Lipinski definition) is 1. The third-order valence-corrected chi connectivity index (χ3v) is 4.32. The van der Waals surface area contributed by atoms with E-state index in [1.54, 1.807) is 17.5 Å². The normalized spacial score (nSPS) is 11.1. The number of pyridine rings is 1. The zero-order valence-electron chi connectivity index (χ0n) is 7.26. The molecule has 2 aromatic heterocycles. The SMILES string of the molecule is NCCc1cnc(Cl)c2scc(Br)c12. The Hall–Kier alpha value is -0.160. The molecule has 0 unspecified atom stereocenters. The maximum absolute atomic E-state index is 5.99. The van der Waals surface area contributed by atoms with Gasteiger partial charge in [-0.2, -0.15) is 0 Å². The Bertz CT molecular complexity index is 469. The van der Waals surface area contributed by atoms with Crippen LogP contribution in [0.2, 0.25) is 5.15 Å². The monoisotopic (exact) mass is 290 g/mol. The van der Waals surface area contributed by atoms with Crippen molar-refractivity contribution >= 4 is 49.0 Å². The zero-order chi connectivity index (χ0) is 10.1. The Labute approximate surface area is 99.2 Å². The van der Waals surface area contributed by atoms with Gasteiger partial charge >= 0.3 is 0 Å². The number of fused-ring (bicyclic) bond motifs is 1. The summed E-state index contributed by atoms with van der Waals surface area (Å²) in [5.74, 6) is 0. The Balaban J connectivity index is 2.72.